The number of aliphatic carboxylic acids is 1. The number of rotatable bonds is 12. The normalized spacial score (nSPS) is 18.3. The number of oxime groups is 1. The number of carboxylic acids is 1. The molecule has 5 rings (SSSR count). The SMILES string of the molecule is CCO/N=C(\C(=O)NC1C(=O)N2C(C(=O)O)=C(C[n+]3cccc4c3ncn4CCCN=C(N)N)CSC12)c1nsc(N)n1. The summed E-state index contributed by atoms with van der Waals surface area (Å²) >= 11 is 2.23. The number of nitrogens with two attached hydrogens (primary N) is 3. The van der Waals surface area contributed by atoms with E-state index in [0.29, 0.717) is 36.5 Å². The number of pyridine rings is 1. The Morgan fingerprint density at radius 3 is 2.86 bits per heavy atom. The van der Waals surface area contributed by atoms with Gasteiger partial charge in [-0.15, -0.1) is 11.8 Å². The molecule has 0 aromatic carbocycles. The van der Waals surface area contributed by atoms with Crippen molar-refractivity contribution in [3.63, 3.8) is 0 Å². The van der Waals surface area contributed by atoms with Crippen molar-refractivity contribution >= 4 is 69.0 Å². The third kappa shape index (κ3) is 6.07. The number of thioether (sulfide) groups is 1. The van der Waals surface area contributed by atoms with Crippen LogP contribution in [0.5, 0.6) is 0 Å². The number of aromatic nitrogens is 5. The summed E-state index contributed by atoms with van der Waals surface area (Å²) < 4.78 is 7.81. The molecule has 1 fully saturated rings. The quantitative estimate of drug-likeness (QED) is 0.0388. The second kappa shape index (κ2) is 12.6. The van der Waals surface area contributed by atoms with Gasteiger partial charge in [-0.2, -0.15) is 9.36 Å². The molecule has 17 nitrogen and oxygen atoms in total. The molecular formula is C24H29N12O5S2+. The summed E-state index contributed by atoms with van der Waals surface area (Å²) in [5.74, 6) is -2.23. The number of aryl methyl sites for hydroxylation is 1. The van der Waals surface area contributed by atoms with Crippen LogP contribution >= 0.6 is 23.3 Å². The summed E-state index contributed by atoms with van der Waals surface area (Å²) in [7, 11) is 0. The van der Waals surface area contributed by atoms with Crippen LogP contribution in [-0.4, -0.2) is 88.7 Å². The molecule has 0 bridgehead atoms. The molecular weight excluding hydrogens is 600 g/mol. The Labute approximate surface area is 252 Å². The van der Waals surface area contributed by atoms with Crippen LogP contribution in [0.4, 0.5) is 5.13 Å². The minimum atomic E-state index is -1.24. The van der Waals surface area contributed by atoms with Crippen LogP contribution in [0.2, 0.25) is 0 Å². The Kier molecular flexibility index (Phi) is 8.71. The maximum absolute atomic E-state index is 13.2. The highest BCUT2D eigenvalue weighted by molar-refractivity contribution is 8.00. The van der Waals surface area contributed by atoms with E-state index in [4.69, 9.17) is 22.0 Å². The van der Waals surface area contributed by atoms with E-state index in [-0.39, 0.29) is 41.5 Å². The maximum Gasteiger partial charge on any atom is 0.352 e. The second-order valence-corrected chi connectivity index (χ2v) is 11.3. The van der Waals surface area contributed by atoms with Crippen LogP contribution in [0.25, 0.3) is 11.2 Å². The number of nitrogens with one attached hydrogen (secondary N) is 1. The first-order valence-electron chi connectivity index (χ1n) is 13.1. The van der Waals surface area contributed by atoms with Crippen molar-refractivity contribution in [2.45, 2.75) is 37.8 Å². The standard InChI is InChI=1S/C24H28N12O5S2/c1-2-41-32-14(17-31-24(27)43-33-17)19(37)30-15-20(38)36-16(22(39)40)12(10-42-21(15)36)9-34-7-3-5-13-18(34)29-11-35(13)8-4-6-28-23(25)26/h3,5,7,11,15,21H,2,4,6,8-10H2,1H3,(H7-,25,26,27,28,30,31,33,37,39,40)/p+1/b32-14-. The summed E-state index contributed by atoms with van der Waals surface area (Å²) in [6.07, 6.45) is 4.22. The van der Waals surface area contributed by atoms with Crippen LogP contribution in [0.15, 0.2) is 46.1 Å². The summed E-state index contributed by atoms with van der Waals surface area (Å²) in [5, 5.41) is 16.1. The van der Waals surface area contributed by atoms with Gasteiger partial charge in [0.2, 0.25) is 17.9 Å². The predicted octanol–water partition coefficient (Wildman–Crippen LogP) is -1.40. The lowest BCUT2D eigenvalue weighted by Crippen LogP contribution is -2.71. The first kappa shape index (κ1) is 29.7. The van der Waals surface area contributed by atoms with Gasteiger partial charge in [0.1, 0.15) is 35.8 Å². The number of carboxylic acid groups (broad SMARTS) is 1. The zero-order valence-electron chi connectivity index (χ0n) is 22.9. The Balaban J connectivity index is 1.33. The van der Waals surface area contributed by atoms with Crippen LogP contribution in [0.1, 0.15) is 19.2 Å². The van der Waals surface area contributed by atoms with Gasteiger partial charge in [0, 0.05) is 35.9 Å². The molecule has 2 unspecified atom stereocenters. The fourth-order valence-electron chi connectivity index (χ4n) is 4.70. The van der Waals surface area contributed by atoms with E-state index in [1.807, 2.05) is 27.5 Å². The molecule has 43 heavy (non-hydrogen) atoms. The van der Waals surface area contributed by atoms with Crippen molar-refractivity contribution in [2.75, 3.05) is 24.6 Å². The van der Waals surface area contributed by atoms with Gasteiger partial charge in [-0.25, -0.2) is 9.36 Å². The predicted molar refractivity (Wildman–Crippen MR) is 157 cm³/mol. The van der Waals surface area contributed by atoms with Gasteiger partial charge in [0.05, 0.1) is 6.20 Å². The van der Waals surface area contributed by atoms with Gasteiger partial charge in [0.15, 0.2) is 11.1 Å². The molecule has 5 heterocycles. The average molecular weight is 630 g/mol. The zero-order valence-corrected chi connectivity index (χ0v) is 24.5. The van der Waals surface area contributed by atoms with E-state index in [9.17, 15) is 19.5 Å². The Morgan fingerprint density at radius 2 is 2.16 bits per heavy atom. The van der Waals surface area contributed by atoms with Crippen molar-refractivity contribution in [1.82, 2.24) is 29.1 Å². The first-order valence-corrected chi connectivity index (χ1v) is 14.9. The average Bonchev–Trinajstić information content (AvgIpc) is 3.60. The van der Waals surface area contributed by atoms with E-state index >= 15 is 0 Å². The van der Waals surface area contributed by atoms with Crippen LogP contribution < -0.4 is 27.1 Å². The number of anilines is 1. The number of hydrogen-bond acceptors (Lipinski definition) is 12. The lowest BCUT2D eigenvalue weighted by Gasteiger charge is -2.49. The number of β-lactam (4-membered cyclic amide) rings is 1. The highest BCUT2D eigenvalue weighted by Gasteiger charge is 2.54. The van der Waals surface area contributed by atoms with E-state index in [2.05, 4.69) is 29.8 Å². The number of guanidine groups is 1. The molecule has 2 atom stereocenters. The van der Waals surface area contributed by atoms with Crippen molar-refractivity contribution in [1.29, 1.82) is 0 Å². The van der Waals surface area contributed by atoms with Gasteiger partial charge in [-0.3, -0.25) is 19.5 Å². The van der Waals surface area contributed by atoms with Crippen LogP contribution in [-0.2, 0) is 32.3 Å². The molecule has 226 valence electrons. The number of fused-ring (bicyclic) bond motifs is 2. The Morgan fingerprint density at radius 1 is 1.35 bits per heavy atom. The van der Waals surface area contributed by atoms with Gasteiger partial charge < -0.3 is 37.0 Å². The molecule has 3 aromatic rings. The number of nitrogens with zero attached hydrogens (tertiary/aromatic N) is 8. The number of hydrogen-bond donors (Lipinski definition) is 5. The maximum atomic E-state index is 13.2. The third-order valence-electron chi connectivity index (χ3n) is 6.55. The zero-order chi connectivity index (χ0) is 30.7. The number of carbonyl (C=O) groups is 3. The Bertz CT molecular complexity index is 1660. The minimum absolute atomic E-state index is 0.0378. The van der Waals surface area contributed by atoms with Crippen LogP contribution in [0.3, 0.4) is 0 Å². The van der Waals surface area contributed by atoms with Gasteiger partial charge in [-0.05, 0) is 30.5 Å². The molecule has 0 radical (unpaired) electrons. The fourth-order valence-corrected chi connectivity index (χ4v) is 6.47. The lowest BCUT2D eigenvalue weighted by molar-refractivity contribution is -0.664. The van der Waals surface area contributed by atoms with E-state index in [1.165, 1.54) is 16.7 Å². The lowest BCUT2D eigenvalue weighted by atomic mass is 10.0. The highest BCUT2D eigenvalue weighted by Crippen LogP contribution is 2.40. The van der Waals surface area contributed by atoms with Crippen LogP contribution in [0, 0.1) is 0 Å². The van der Waals surface area contributed by atoms with Crippen molar-refractivity contribution in [3.05, 3.63) is 41.8 Å². The summed E-state index contributed by atoms with van der Waals surface area (Å²) in [6, 6.07) is 2.78. The van der Waals surface area contributed by atoms with Crippen molar-refractivity contribution < 1.29 is 28.9 Å². The molecule has 2 aliphatic heterocycles. The molecule has 0 aliphatic carbocycles. The first-order chi connectivity index (χ1) is 20.7. The second-order valence-electron chi connectivity index (χ2n) is 9.38. The Hall–Kier alpha value is -4.78. The fraction of sp³-hybridized carbons (Fsp3) is 0.375. The van der Waals surface area contributed by atoms with Gasteiger partial charge in [0.25, 0.3) is 11.8 Å². The highest BCUT2D eigenvalue weighted by atomic mass is 32.2. The number of nitrogen functional groups attached to an aromatic ring is 1. The van der Waals surface area contributed by atoms with E-state index in [1.54, 1.807) is 13.3 Å². The third-order valence-corrected chi connectivity index (χ3v) is 8.43. The monoisotopic (exact) mass is 629 g/mol. The topological polar surface area (TPSA) is 246 Å². The number of amides is 2. The molecule has 8 N–H and O–H groups in total. The molecule has 2 aliphatic rings. The number of imidazole rings is 1. The summed E-state index contributed by atoms with van der Waals surface area (Å²) in [5.41, 5.74) is 18.1. The largest absolute Gasteiger partial charge is 0.477 e. The molecule has 0 saturated carbocycles. The van der Waals surface area contributed by atoms with Gasteiger partial charge >= 0.3 is 11.6 Å². The van der Waals surface area contributed by atoms with E-state index in [0.717, 1.165) is 17.0 Å². The van der Waals surface area contributed by atoms with Gasteiger partial charge in [-0.1, -0.05) is 5.16 Å². The molecule has 1 saturated heterocycles. The molecule has 2 amide bonds. The van der Waals surface area contributed by atoms with E-state index < -0.39 is 29.2 Å². The number of carbonyl (C=O) groups excluding carboxylic acids is 2. The van der Waals surface area contributed by atoms with Crippen molar-refractivity contribution in [3.8, 4) is 0 Å². The molecule has 0 spiro atoms. The smallest absolute Gasteiger partial charge is 0.352 e. The molecule has 3 aromatic heterocycles. The minimum Gasteiger partial charge on any atom is -0.477 e. The van der Waals surface area contributed by atoms with Crippen molar-refractivity contribution in [2.24, 2.45) is 21.6 Å². The summed E-state index contributed by atoms with van der Waals surface area (Å²) in [4.78, 5) is 57.5. The molecule has 19 heteroatoms. The number of aliphatic imine (C=N–C) groups is 1. The summed E-state index contributed by atoms with van der Waals surface area (Å²) in [6.45, 7) is 3.19.